The van der Waals surface area contributed by atoms with E-state index in [1.807, 2.05) is 21.1 Å². The molecule has 1 N–H and O–H groups in total. The van der Waals surface area contributed by atoms with Crippen LogP contribution in [0.3, 0.4) is 0 Å². The molecule has 0 aromatic carbocycles. The number of nitrogens with zero attached hydrogens (tertiary/aromatic N) is 1. The Morgan fingerprint density at radius 3 is 2.03 bits per heavy atom. The van der Waals surface area contributed by atoms with Gasteiger partial charge < -0.3 is 18.9 Å². The molecule has 0 spiro atoms. The van der Waals surface area contributed by atoms with Crippen molar-refractivity contribution in [2.75, 3.05) is 47.5 Å². The Kier molecular flexibility index (Phi) is 16.9. The quantitative estimate of drug-likeness (QED) is 0.119. The van der Waals surface area contributed by atoms with E-state index in [0.29, 0.717) is 17.4 Å². The summed E-state index contributed by atoms with van der Waals surface area (Å²) in [5.74, 6) is -0.906. The number of unbranched alkanes of at least 4 members (excludes halogenated alkanes) is 7. The summed E-state index contributed by atoms with van der Waals surface area (Å²) < 4.78 is 32.9. The van der Waals surface area contributed by atoms with Crippen LogP contribution in [0.15, 0.2) is 0 Å². The van der Waals surface area contributed by atoms with Gasteiger partial charge in [-0.2, -0.15) is 0 Å². The molecule has 0 saturated carbocycles. The normalized spacial score (nSPS) is 14.6. The maximum absolute atomic E-state index is 12.2. The summed E-state index contributed by atoms with van der Waals surface area (Å²) in [6, 6.07) is 0. The Bertz CT molecular complexity index is 565. The minimum absolute atomic E-state index is 0.0327. The van der Waals surface area contributed by atoms with Crippen LogP contribution in [0.1, 0.15) is 78.1 Å². The molecule has 190 valence electrons. The highest BCUT2D eigenvalue weighted by Crippen LogP contribution is 2.43. The number of carbonyl (C=O) groups excluding carboxylic acids is 2. The number of esters is 2. The molecule has 9 nitrogen and oxygen atoms in total. The minimum atomic E-state index is -4.31. The highest BCUT2D eigenvalue weighted by atomic mass is 31.2. The van der Waals surface area contributed by atoms with Gasteiger partial charge in [0.05, 0.1) is 27.7 Å². The average molecular weight is 483 g/mol. The van der Waals surface area contributed by atoms with Crippen molar-refractivity contribution in [1.29, 1.82) is 0 Å². The van der Waals surface area contributed by atoms with Crippen LogP contribution in [0.4, 0.5) is 0 Å². The van der Waals surface area contributed by atoms with Crippen LogP contribution in [-0.4, -0.2) is 74.9 Å². The van der Waals surface area contributed by atoms with Crippen LogP contribution in [0.2, 0.25) is 0 Å². The zero-order chi connectivity index (χ0) is 24.5. The maximum atomic E-state index is 12.2. The summed E-state index contributed by atoms with van der Waals surface area (Å²) >= 11 is 0. The molecular weight excluding hydrogens is 437 g/mol. The van der Waals surface area contributed by atoms with Gasteiger partial charge in [0.15, 0.2) is 6.10 Å². The number of phosphoric ester groups is 1. The van der Waals surface area contributed by atoms with E-state index in [4.69, 9.17) is 18.5 Å². The third-order valence-corrected chi connectivity index (χ3v) is 5.68. The topological polar surface area (TPSA) is 108 Å². The van der Waals surface area contributed by atoms with E-state index in [1.54, 1.807) is 6.92 Å². The minimum Gasteiger partial charge on any atom is -0.462 e. The molecule has 0 aliphatic carbocycles. The molecule has 0 rings (SSSR count). The van der Waals surface area contributed by atoms with Crippen LogP contribution >= 0.6 is 7.82 Å². The molecule has 0 radical (unpaired) electrons. The van der Waals surface area contributed by atoms with Crippen LogP contribution in [0.25, 0.3) is 0 Å². The van der Waals surface area contributed by atoms with Gasteiger partial charge in [-0.25, -0.2) is 4.57 Å². The van der Waals surface area contributed by atoms with Crippen molar-refractivity contribution in [2.45, 2.75) is 84.2 Å². The summed E-state index contributed by atoms with van der Waals surface area (Å²) in [4.78, 5) is 33.5. The number of likely N-dealkylation sites (N-methyl/N-ethyl adjacent to an activating group) is 1. The molecule has 0 fully saturated rings. The lowest BCUT2D eigenvalue weighted by Crippen LogP contribution is -2.37. The van der Waals surface area contributed by atoms with Crippen molar-refractivity contribution in [3.8, 4) is 0 Å². The molecule has 2 unspecified atom stereocenters. The molecular formula is C22H45NO8P+. The molecule has 32 heavy (non-hydrogen) atoms. The first-order valence-corrected chi connectivity index (χ1v) is 13.3. The highest BCUT2D eigenvalue weighted by molar-refractivity contribution is 7.47. The third kappa shape index (κ3) is 19.7. The van der Waals surface area contributed by atoms with Gasteiger partial charge in [0.1, 0.15) is 19.8 Å². The van der Waals surface area contributed by atoms with Crippen molar-refractivity contribution in [3.05, 3.63) is 0 Å². The van der Waals surface area contributed by atoms with Gasteiger partial charge in [-0.15, -0.1) is 0 Å². The molecule has 0 heterocycles. The fraction of sp³-hybridized carbons (Fsp3) is 0.909. The molecule has 0 aliphatic rings. The summed E-state index contributed by atoms with van der Waals surface area (Å²) in [5.41, 5.74) is 0. The zero-order valence-corrected chi connectivity index (χ0v) is 21.6. The van der Waals surface area contributed by atoms with E-state index < -0.39 is 32.5 Å². The summed E-state index contributed by atoms with van der Waals surface area (Å²) in [5, 5.41) is 0. The van der Waals surface area contributed by atoms with Gasteiger partial charge in [0.2, 0.25) is 0 Å². The highest BCUT2D eigenvalue weighted by Gasteiger charge is 2.26. The second-order valence-electron chi connectivity index (χ2n) is 8.98. The zero-order valence-electron chi connectivity index (χ0n) is 20.7. The van der Waals surface area contributed by atoms with Crippen molar-refractivity contribution >= 4 is 19.8 Å². The van der Waals surface area contributed by atoms with Crippen molar-refractivity contribution in [1.82, 2.24) is 0 Å². The van der Waals surface area contributed by atoms with E-state index in [9.17, 15) is 19.0 Å². The Labute approximate surface area is 193 Å². The second-order valence-corrected chi connectivity index (χ2v) is 10.4. The number of ether oxygens (including phenoxy) is 2. The molecule has 0 aliphatic heterocycles. The van der Waals surface area contributed by atoms with Crippen LogP contribution in [0, 0.1) is 0 Å². The molecule has 0 aromatic rings. The largest absolute Gasteiger partial charge is 0.472 e. The fourth-order valence-electron chi connectivity index (χ4n) is 2.70. The first-order chi connectivity index (χ1) is 15.0. The standard InChI is InChI=1S/C22H44NO8P/c1-6-8-9-10-11-12-13-14-15-22(25)31-20(18-28-21(24)7-2)19-30-32(26,27)29-17-16-23(3,4)5/h20H,6-19H2,1-5H3/p+1. The smallest absolute Gasteiger partial charge is 0.462 e. The molecule has 0 saturated heterocycles. The number of quaternary nitrogens is 1. The first-order valence-electron chi connectivity index (χ1n) is 11.8. The average Bonchev–Trinajstić information content (AvgIpc) is 2.70. The number of hydrogen-bond acceptors (Lipinski definition) is 7. The van der Waals surface area contributed by atoms with E-state index in [1.165, 1.54) is 32.1 Å². The lowest BCUT2D eigenvalue weighted by Gasteiger charge is -2.24. The Balaban J connectivity index is 4.40. The predicted molar refractivity (Wildman–Crippen MR) is 123 cm³/mol. The van der Waals surface area contributed by atoms with Crippen LogP contribution < -0.4 is 0 Å². The Morgan fingerprint density at radius 2 is 1.47 bits per heavy atom. The Morgan fingerprint density at radius 1 is 0.875 bits per heavy atom. The van der Waals surface area contributed by atoms with Gasteiger partial charge in [0.25, 0.3) is 0 Å². The SMILES string of the molecule is CCCCCCCCCCC(=O)OC(COC(=O)CC)COP(=O)(O)OCC[N+](C)(C)C. The summed E-state index contributed by atoms with van der Waals surface area (Å²) in [6.45, 7) is 3.73. The molecule has 0 bridgehead atoms. The fourth-order valence-corrected chi connectivity index (χ4v) is 3.44. The third-order valence-electron chi connectivity index (χ3n) is 4.69. The number of carbonyl (C=O) groups is 2. The summed E-state index contributed by atoms with van der Waals surface area (Å²) in [7, 11) is 1.47. The van der Waals surface area contributed by atoms with Gasteiger partial charge >= 0.3 is 19.8 Å². The maximum Gasteiger partial charge on any atom is 0.472 e. The van der Waals surface area contributed by atoms with E-state index in [2.05, 4.69) is 6.92 Å². The van der Waals surface area contributed by atoms with Gasteiger partial charge in [0, 0.05) is 12.8 Å². The van der Waals surface area contributed by atoms with Crippen molar-refractivity contribution < 1.29 is 42.1 Å². The first kappa shape index (κ1) is 31.0. The molecule has 0 aromatic heterocycles. The van der Waals surface area contributed by atoms with Gasteiger partial charge in [-0.05, 0) is 6.42 Å². The van der Waals surface area contributed by atoms with E-state index >= 15 is 0 Å². The number of phosphoric acid groups is 1. The Hall–Kier alpha value is -0.990. The predicted octanol–water partition coefficient (Wildman–Crippen LogP) is 4.22. The van der Waals surface area contributed by atoms with Crippen molar-refractivity contribution in [2.24, 2.45) is 0 Å². The monoisotopic (exact) mass is 482 g/mol. The number of rotatable bonds is 20. The van der Waals surface area contributed by atoms with E-state index in [-0.39, 0.29) is 26.1 Å². The van der Waals surface area contributed by atoms with Crippen LogP contribution in [-0.2, 0) is 32.7 Å². The second kappa shape index (κ2) is 17.5. The number of hydrogen-bond donors (Lipinski definition) is 1. The van der Waals surface area contributed by atoms with E-state index in [0.717, 1.165) is 12.8 Å². The van der Waals surface area contributed by atoms with Crippen molar-refractivity contribution in [3.63, 3.8) is 0 Å². The van der Waals surface area contributed by atoms with Gasteiger partial charge in [-0.3, -0.25) is 18.6 Å². The lowest BCUT2D eigenvalue weighted by molar-refractivity contribution is -0.870. The molecule has 2 atom stereocenters. The van der Waals surface area contributed by atoms with Crippen LogP contribution in [0.5, 0.6) is 0 Å². The van der Waals surface area contributed by atoms with Gasteiger partial charge in [-0.1, -0.05) is 58.8 Å². The molecule has 10 heteroatoms. The molecule has 0 amide bonds. The lowest BCUT2D eigenvalue weighted by atomic mass is 10.1. The summed E-state index contributed by atoms with van der Waals surface area (Å²) in [6.07, 6.45) is 8.29.